The van der Waals surface area contributed by atoms with Crippen molar-refractivity contribution in [3.63, 3.8) is 0 Å². The number of carbonyl (C=O) groups excluding carboxylic acids is 1. The van der Waals surface area contributed by atoms with Gasteiger partial charge in [-0.15, -0.1) is 0 Å². The van der Waals surface area contributed by atoms with Crippen molar-refractivity contribution in [3.05, 3.63) is 46.2 Å². The standard InChI is InChI=1S/C24H27NO7/c1-14-9-17(26)16(13-25-5-7-31-8-6-25)23-21(14)22(27)18(32-23)10-15-11-19(28-2)24(30-4)20(12-15)29-3/h9-12,26H,5-8,13H2,1-4H3/b18-10-. The Kier molecular flexibility index (Phi) is 6.25. The zero-order valence-corrected chi connectivity index (χ0v) is 18.7. The van der Waals surface area contributed by atoms with Crippen LogP contribution in [0, 0.1) is 6.92 Å². The lowest BCUT2D eigenvalue weighted by atomic mass is 9.99. The van der Waals surface area contributed by atoms with Crippen molar-refractivity contribution in [3.8, 4) is 28.7 Å². The summed E-state index contributed by atoms with van der Waals surface area (Å²) in [4.78, 5) is 14.4. The molecule has 0 saturated carbocycles. The van der Waals surface area contributed by atoms with Crippen molar-refractivity contribution >= 4 is 11.9 Å². The van der Waals surface area contributed by atoms with Gasteiger partial charge in [-0.25, -0.2) is 0 Å². The second-order valence-corrected chi connectivity index (χ2v) is 7.81. The van der Waals surface area contributed by atoms with Gasteiger partial charge in [0.1, 0.15) is 25.4 Å². The van der Waals surface area contributed by atoms with Crippen LogP contribution in [0.5, 0.6) is 28.7 Å². The summed E-state index contributed by atoms with van der Waals surface area (Å²) in [5.41, 5.74) is 2.25. The smallest absolute Gasteiger partial charge is 0.232 e. The summed E-state index contributed by atoms with van der Waals surface area (Å²) in [6, 6.07) is 5.00. The van der Waals surface area contributed by atoms with Crippen LogP contribution in [0.1, 0.15) is 27.0 Å². The Labute approximate surface area is 186 Å². The lowest BCUT2D eigenvalue weighted by Crippen LogP contribution is -3.12. The highest BCUT2D eigenvalue weighted by Crippen LogP contribution is 2.42. The molecule has 0 atom stereocenters. The monoisotopic (exact) mass is 441 g/mol. The highest BCUT2D eigenvalue weighted by molar-refractivity contribution is 6.15. The van der Waals surface area contributed by atoms with E-state index in [2.05, 4.69) is 0 Å². The molecular weight excluding hydrogens is 414 g/mol. The number of hydrogen-bond acceptors (Lipinski definition) is 7. The molecule has 2 aliphatic rings. The van der Waals surface area contributed by atoms with E-state index in [-0.39, 0.29) is 17.3 Å². The third-order valence-electron chi connectivity index (χ3n) is 5.81. The molecule has 8 heteroatoms. The van der Waals surface area contributed by atoms with Crippen LogP contribution in [0.3, 0.4) is 0 Å². The summed E-state index contributed by atoms with van der Waals surface area (Å²) in [5.74, 6) is 1.57. The van der Waals surface area contributed by atoms with Crippen molar-refractivity contribution in [2.24, 2.45) is 0 Å². The van der Waals surface area contributed by atoms with E-state index in [0.717, 1.165) is 13.1 Å². The lowest BCUT2D eigenvalue weighted by Gasteiger charge is -2.26. The van der Waals surface area contributed by atoms with Gasteiger partial charge in [0.15, 0.2) is 17.3 Å². The third-order valence-corrected chi connectivity index (χ3v) is 5.81. The molecule has 2 aliphatic heterocycles. The van der Waals surface area contributed by atoms with Crippen LogP contribution in [0.2, 0.25) is 0 Å². The molecule has 0 unspecified atom stereocenters. The number of nitrogens with one attached hydrogen (secondary N) is 1. The molecule has 32 heavy (non-hydrogen) atoms. The van der Waals surface area contributed by atoms with Gasteiger partial charge < -0.3 is 33.7 Å². The molecule has 0 spiro atoms. The molecule has 1 N–H and O–H groups in total. The van der Waals surface area contributed by atoms with Crippen LogP contribution < -0.4 is 29.0 Å². The molecule has 4 rings (SSSR count). The summed E-state index contributed by atoms with van der Waals surface area (Å²) in [7, 11) is 4.58. The fraction of sp³-hybridized carbons (Fsp3) is 0.375. The average Bonchev–Trinajstić information content (AvgIpc) is 3.12. The fourth-order valence-electron chi connectivity index (χ4n) is 4.16. The van der Waals surface area contributed by atoms with Gasteiger partial charge in [-0.3, -0.25) is 4.79 Å². The first kappa shape index (κ1) is 22.0. The van der Waals surface area contributed by atoms with E-state index < -0.39 is 0 Å². The molecule has 0 aliphatic carbocycles. The van der Waals surface area contributed by atoms with Gasteiger partial charge in [0.2, 0.25) is 11.5 Å². The van der Waals surface area contributed by atoms with Crippen molar-refractivity contribution < 1.29 is 38.5 Å². The molecule has 2 aromatic carbocycles. The van der Waals surface area contributed by atoms with Crippen molar-refractivity contribution in [1.29, 1.82) is 0 Å². The SMILES string of the molecule is COc1cc(/C=C2\Oc3c(C[NH+]4CCOCC4)c([O-])cc(C)c3C2=O)cc(OC)c1OC. The Morgan fingerprint density at radius 2 is 1.72 bits per heavy atom. The van der Waals surface area contributed by atoms with E-state index in [1.807, 2.05) is 0 Å². The van der Waals surface area contributed by atoms with Crippen LogP contribution in [0.25, 0.3) is 6.08 Å². The van der Waals surface area contributed by atoms with Crippen LogP contribution in [0.15, 0.2) is 24.0 Å². The predicted molar refractivity (Wildman–Crippen MR) is 115 cm³/mol. The van der Waals surface area contributed by atoms with Crippen molar-refractivity contribution in [2.75, 3.05) is 47.6 Å². The number of fused-ring (bicyclic) bond motifs is 1. The molecule has 2 aromatic rings. The maximum absolute atomic E-state index is 13.2. The maximum Gasteiger partial charge on any atom is 0.232 e. The number of benzene rings is 2. The molecular formula is C24H27NO7. The van der Waals surface area contributed by atoms with Crippen LogP contribution >= 0.6 is 0 Å². The molecule has 0 radical (unpaired) electrons. The normalized spacial score (nSPS) is 17.2. The Morgan fingerprint density at radius 3 is 2.31 bits per heavy atom. The molecule has 170 valence electrons. The van der Waals surface area contributed by atoms with Gasteiger partial charge in [-0.05, 0) is 36.3 Å². The number of Topliss-reactive ketones (excluding diaryl/α,β-unsaturated/α-hetero) is 1. The first-order chi connectivity index (χ1) is 15.5. The van der Waals surface area contributed by atoms with E-state index in [1.165, 1.54) is 32.3 Å². The van der Waals surface area contributed by atoms with Gasteiger partial charge in [0.05, 0.1) is 40.1 Å². The molecule has 8 nitrogen and oxygen atoms in total. The molecule has 1 fully saturated rings. The molecule has 1 saturated heterocycles. The van der Waals surface area contributed by atoms with Crippen LogP contribution in [-0.2, 0) is 11.3 Å². The second-order valence-electron chi connectivity index (χ2n) is 7.81. The van der Waals surface area contributed by atoms with Crippen LogP contribution in [-0.4, -0.2) is 53.4 Å². The van der Waals surface area contributed by atoms with Gasteiger partial charge in [-0.2, -0.15) is 0 Å². The zero-order valence-electron chi connectivity index (χ0n) is 18.7. The number of methoxy groups -OCH3 is 3. The average molecular weight is 441 g/mol. The Hall–Kier alpha value is -3.23. The summed E-state index contributed by atoms with van der Waals surface area (Å²) in [6.45, 7) is 5.19. The first-order valence-corrected chi connectivity index (χ1v) is 10.5. The van der Waals surface area contributed by atoms with E-state index >= 15 is 0 Å². The number of ketones is 1. The highest BCUT2D eigenvalue weighted by Gasteiger charge is 2.33. The topological polar surface area (TPSA) is 90.7 Å². The maximum atomic E-state index is 13.2. The minimum atomic E-state index is -0.246. The van der Waals surface area contributed by atoms with Gasteiger partial charge in [0.25, 0.3) is 0 Å². The van der Waals surface area contributed by atoms with Crippen molar-refractivity contribution in [1.82, 2.24) is 0 Å². The number of hydrogen-bond donors (Lipinski definition) is 1. The van der Waals surface area contributed by atoms with E-state index in [4.69, 9.17) is 23.7 Å². The van der Waals surface area contributed by atoms with Gasteiger partial charge in [0, 0.05) is 5.56 Å². The minimum absolute atomic E-state index is 0.109. The number of rotatable bonds is 6. The quantitative estimate of drug-likeness (QED) is 0.672. The second kappa shape index (κ2) is 9.10. The van der Waals surface area contributed by atoms with E-state index in [0.29, 0.717) is 65.0 Å². The highest BCUT2D eigenvalue weighted by atomic mass is 16.5. The fourth-order valence-corrected chi connectivity index (χ4v) is 4.16. The number of carbonyl (C=O) groups is 1. The first-order valence-electron chi connectivity index (χ1n) is 10.5. The number of quaternary nitrogens is 1. The Balaban J connectivity index is 1.72. The Morgan fingerprint density at radius 1 is 1.06 bits per heavy atom. The zero-order chi connectivity index (χ0) is 22.8. The summed E-state index contributed by atoms with van der Waals surface area (Å²) < 4.78 is 27.6. The number of ether oxygens (including phenoxy) is 5. The lowest BCUT2D eigenvalue weighted by molar-refractivity contribution is -0.921. The summed E-state index contributed by atoms with van der Waals surface area (Å²) in [6.07, 6.45) is 1.63. The number of morpholine rings is 1. The predicted octanol–water partition coefficient (Wildman–Crippen LogP) is 1.13. The molecule has 0 aromatic heterocycles. The largest absolute Gasteiger partial charge is 0.872 e. The molecule has 0 amide bonds. The van der Waals surface area contributed by atoms with E-state index in [9.17, 15) is 9.90 Å². The summed E-state index contributed by atoms with van der Waals surface area (Å²) in [5, 5.41) is 12.8. The summed E-state index contributed by atoms with van der Waals surface area (Å²) >= 11 is 0. The molecule has 2 heterocycles. The Bertz CT molecular complexity index is 1050. The number of aryl methyl sites for hydroxylation is 1. The minimum Gasteiger partial charge on any atom is -0.872 e. The molecule has 0 bridgehead atoms. The third kappa shape index (κ3) is 3.99. The van der Waals surface area contributed by atoms with Crippen LogP contribution in [0.4, 0.5) is 0 Å². The van der Waals surface area contributed by atoms with Gasteiger partial charge >= 0.3 is 0 Å². The number of allylic oxidation sites excluding steroid dienone is 1. The van der Waals surface area contributed by atoms with E-state index in [1.54, 1.807) is 25.1 Å². The van der Waals surface area contributed by atoms with Gasteiger partial charge in [-0.1, -0.05) is 11.8 Å². The van der Waals surface area contributed by atoms with Crippen molar-refractivity contribution in [2.45, 2.75) is 13.5 Å².